The number of aliphatic hydroxyl groups is 1. The first-order valence-corrected chi connectivity index (χ1v) is 8.22. The van der Waals surface area contributed by atoms with Gasteiger partial charge in [0.2, 0.25) is 17.3 Å². The Kier molecular flexibility index (Phi) is 5.22. The molecule has 156 valence electrons. The fraction of sp³-hybridized carbons (Fsp3) is 0.105. The lowest BCUT2D eigenvalue weighted by molar-refractivity contribution is -0.163. The van der Waals surface area contributed by atoms with Crippen molar-refractivity contribution in [3.8, 4) is 34.1 Å². The molecule has 0 fully saturated rings. The van der Waals surface area contributed by atoms with Crippen LogP contribution in [0.4, 0.5) is 0 Å². The molecule has 0 spiro atoms. The van der Waals surface area contributed by atoms with Crippen LogP contribution in [0.1, 0.15) is 0 Å². The molecule has 2 unspecified atom stereocenters. The zero-order valence-corrected chi connectivity index (χ0v) is 14.8. The van der Waals surface area contributed by atoms with Crippen molar-refractivity contribution in [1.82, 2.24) is 0 Å². The van der Waals surface area contributed by atoms with Crippen LogP contribution in [0.25, 0.3) is 22.1 Å². The zero-order valence-electron chi connectivity index (χ0n) is 14.8. The summed E-state index contributed by atoms with van der Waals surface area (Å²) in [5, 5.41) is 56.8. The third kappa shape index (κ3) is 3.56. The van der Waals surface area contributed by atoms with Gasteiger partial charge < -0.3 is 39.8 Å². The minimum Gasteiger partial charge on any atom is -0.508 e. The van der Waals surface area contributed by atoms with Crippen molar-refractivity contribution in [2.45, 2.75) is 12.2 Å². The molecule has 11 heteroatoms. The monoisotopic (exact) mass is 418 g/mol. The molecular weight excluding hydrogens is 404 g/mol. The van der Waals surface area contributed by atoms with E-state index in [1.54, 1.807) is 0 Å². The Labute approximate surface area is 166 Å². The van der Waals surface area contributed by atoms with Crippen molar-refractivity contribution in [2.24, 2.45) is 0 Å². The first-order valence-electron chi connectivity index (χ1n) is 8.22. The molecular formula is C19H14O11. The van der Waals surface area contributed by atoms with E-state index in [0.717, 1.165) is 6.26 Å². The van der Waals surface area contributed by atoms with Crippen molar-refractivity contribution in [1.29, 1.82) is 0 Å². The fourth-order valence-corrected chi connectivity index (χ4v) is 2.70. The van der Waals surface area contributed by atoms with Gasteiger partial charge in [-0.15, -0.1) is 0 Å². The summed E-state index contributed by atoms with van der Waals surface area (Å²) < 4.78 is 10.1. The number of aliphatic hydroxyl groups excluding tert-OH is 1. The van der Waals surface area contributed by atoms with Crippen molar-refractivity contribution in [3.05, 3.63) is 46.8 Å². The largest absolute Gasteiger partial charge is 0.508 e. The van der Waals surface area contributed by atoms with Gasteiger partial charge >= 0.3 is 11.9 Å². The summed E-state index contributed by atoms with van der Waals surface area (Å²) in [5.74, 6) is -6.15. The summed E-state index contributed by atoms with van der Waals surface area (Å²) >= 11 is 0. The lowest BCUT2D eigenvalue weighted by Crippen LogP contribution is -2.43. The zero-order chi connectivity index (χ0) is 22.2. The summed E-state index contributed by atoms with van der Waals surface area (Å²) in [4.78, 5) is 34.8. The Morgan fingerprint density at radius 3 is 2.20 bits per heavy atom. The van der Waals surface area contributed by atoms with Crippen molar-refractivity contribution >= 4 is 22.9 Å². The van der Waals surface area contributed by atoms with Gasteiger partial charge in [-0.3, -0.25) is 4.79 Å². The average molecular weight is 418 g/mol. The summed E-state index contributed by atoms with van der Waals surface area (Å²) in [7, 11) is 0. The number of hydrogen-bond acceptors (Lipinski definition) is 9. The van der Waals surface area contributed by atoms with Gasteiger partial charge in [-0.2, -0.15) is 0 Å². The van der Waals surface area contributed by atoms with E-state index in [0.29, 0.717) is 11.6 Å². The summed E-state index contributed by atoms with van der Waals surface area (Å²) in [5.41, 5.74) is -0.957. The molecule has 0 amide bonds. The second-order valence-corrected chi connectivity index (χ2v) is 6.13. The van der Waals surface area contributed by atoms with E-state index in [-0.39, 0.29) is 11.3 Å². The molecule has 0 aliphatic rings. The number of phenolic OH excluding ortho intramolecular Hbond substituents is 3. The maximum absolute atomic E-state index is 12.8. The number of carboxylic acid groups (broad SMARTS) is 2. The van der Waals surface area contributed by atoms with Gasteiger partial charge in [-0.05, 0) is 17.7 Å². The van der Waals surface area contributed by atoms with E-state index in [4.69, 9.17) is 19.4 Å². The topological polar surface area (TPSA) is 195 Å². The van der Waals surface area contributed by atoms with Gasteiger partial charge in [0.25, 0.3) is 0 Å². The highest BCUT2D eigenvalue weighted by Crippen LogP contribution is 2.40. The molecule has 0 aliphatic heterocycles. The summed E-state index contributed by atoms with van der Waals surface area (Å²) in [6, 6.07) is 6.19. The molecule has 0 aliphatic carbocycles. The van der Waals surface area contributed by atoms with Gasteiger partial charge in [0.1, 0.15) is 23.1 Å². The van der Waals surface area contributed by atoms with Crippen molar-refractivity contribution < 1.29 is 49.4 Å². The van der Waals surface area contributed by atoms with E-state index in [1.165, 1.54) is 24.3 Å². The van der Waals surface area contributed by atoms with E-state index in [1.807, 2.05) is 0 Å². The molecule has 2 aromatic carbocycles. The van der Waals surface area contributed by atoms with Gasteiger partial charge in [-0.25, -0.2) is 9.59 Å². The number of hydrogen-bond donors (Lipinski definition) is 6. The van der Waals surface area contributed by atoms with Gasteiger partial charge in [-0.1, -0.05) is 12.1 Å². The Balaban J connectivity index is 2.13. The van der Waals surface area contributed by atoms with E-state index in [2.05, 4.69) is 0 Å². The first kappa shape index (κ1) is 20.5. The first-order chi connectivity index (χ1) is 14.1. The molecule has 0 radical (unpaired) electrons. The van der Waals surface area contributed by atoms with Crippen LogP contribution < -0.4 is 10.2 Å². The van der Waals surface area contributed by atoms with Crippen LogP contribution in [0, 0.1) is 0 Å². The molecule has 2 atom stereocenters. The van der Waals surface area contributed by atoms with E-state index >= 15 is 0 Å². The Morgan fingerprint density at radius 1 is 1.00 bits per heavy atom. The number of aliphatic carboxylic acids is 2. The smallest absolute Gasteiger partial charge is 0.348 e. The van der Waals surface area contributed by atoms with Crippen LogP contribution in [0.3, 0.4) is 0 Å². The molecule has 6 N–H and O–H groups in total. The lowest BCUT2D eigenvalue weighted by atomic mass is 10.0. The maximum atomic E-state index is 12.8. The van der Waals surface area contributed by atoms with Crippen LogP contribution in [-0.4, -0.2) is 54.8 Å². The quantitative estimate of drug-likeness (QED) is 0.311. The minimum absolute atomic E-state index is 0.00409. The minimum atomic E-state index is -2.48. The van der Waals surface area contributed by atoms with Crippen LogP contribution in [-0.2, 0) is 9.59 Å². The molecule has 30 heavy (non-hydrogen) atoms. The van der Waals surface area contributed by atoms with Gasteiger partial charge in [0, 0.05) is 6.07 Å². The van der Waals surface area contributed by atoms with Crippen LogP contribution >= 0.6 is 0 Å². The van der Waals surface area contributed by atoms with E-state index < -0.39 is 57.8 Å². The van der Waals surface area contributed by atoms with Gasteiger partial charge in [0.15, 0.2) is 17.4 Å². The fourth-order valence-electron chi connectivity index (χ4n) is 2.70. The van der Waals surface area contributed by atoms with Crippen LogP contribution in [0.15, 0.2) is 45.8 Å². The predicted molar refractivity (Wildman–Crippen MR) is 98.6 cm³/mol. The number of benzene rings is 2. The second kappa shape index (κ2) is 7.64. The number of rotatable bonds is 6. The summed E-state index contributed by atoms with van der Waals surface area (Å²) in [6.45, 7) is 0. The number of carboxylic acids is 2. The van der Waals surface area contributed by atoms with Crippen LogP contribution in [0.2, 0.25) is 0 Å². The number of aromatic hydroxyl groups is 3. The predicted octanol–water partition coefficient (Wildman–Crippen LogP) is 0.854. The molecule has 0 saturated heterocycles. The lowest BCUT2D eigenvalue weighted by Gasteiger charge is -2.19. The number of fused-ring (bicyclic) bond motifs is 1. The Hall–Kier alpha value is -4.25. The molecule has 0 saturated carbocycles. The standard InChI is InChI=1S/C19H14O11/c20-8-3-1-7(2-4-8)9-6-29-16-12(13(9)22)10(21)5-11(14(16)23)30-17(19(27)28)15(24)18(25)26/h1-6,15,17,20-21,23-24H,(H,25,26)(H,27,28). The number of ether oxygens (including phenoxy) is 1. The number of carbonyl (C=O) groups is 2. The molecule has 3 rings (SSSR count). The molecule has 11 nitrogen and oxygen atoms in total. The third-order valence-electron chi connectivity index (χ3n) is 4.18. The highest BCUT2D eigenvalue weighted by molar-refractivity contribution is 5.93. The highest BCUT2D eigenvalue weighted by Gasteiger charge is 2.35. The molecule has 3 aromatic rings. The van der Waals surface area contributed by atoms with Crippen molar-refractivity contribution in [3.63, 3.8) is 0 Å². The molecule has 0 bridgehead atoms. The second-order valence-electron chi connectivity index (χ2n) is 6.13. The third-order valence-corrected chi connectivity index (χ3v) is 4.18. The van der Waals surface area contributed by atoms with Crippen LogP contribution in [0.5, 0.6) is 23.0 Å². The highest BCUT2D eigenvalue weighted by atomic mass is 16.5. The SMILES string of the molecule is O=C(O)C(O)C(Oc1cc(O)c2c(=O)c(-c3ccc(O)cc3)coc2c1O)C(=O)O. The van der Waals surface area contributed by atoms with Crippen molar-refractivity contribution in [2.75, 3.05) is 0 Å². The molecule has 1 heterocycles. The van der Waals surface area contributed by atoms with E-state index in [9.17, 15) is 34.8 Å². The average Bonchev–Trinajstić information content (AvgIpc) is 2.69. The maximum Gasteiger partial charge on any atom is 0.348 e. The van der Waals surface area contributed by atoms with Gasteiger partial charge in [0.05, 0.1) is 5.56 Å². The number of phenols is 3. The Morgan fingerprint density at radius 2 is 1.63 bits per heavy atom. The Bertz CT molecular complexity index is 1190. The molecule has 1 aromatic heterocycles. The normalized spacial score (nSPS) is 13.0. The summed E-state index contributed by atoms with van der Waals surface area (Å²) in [6.07, 6.45) is -3.84.